The molecule has 2 nitrogen and oxygen atoms in total. The second kappa shape index (κ2) is 6.49. The smallest absolute Gasteiger partial charge is 0.0649 e. The molecule has 2 heteroatoms. The number of unbranched alkanes of at least 4 members (excludes halogenated alkanes) is 2. The Labute approximate surface area is 94.3 Å². The zero-order valence-electron chi connectivity index (χ0n) is 10.6. The largest absolute Gasteiger partial charge is 0.384 e. The number of hydrogen-bond donors (Lipinski definition) is 0. The Bertz CT molecular complexity index is 170. The molecule has 1 saturated carbocycles. The molecule has 0 bridgehead atoms. The summed E-state index contributed by atoms with van der Waals surface area (Å²) in [6.07, 6.45) is 9.44. The zero-order chi connectivity index (χ0) is 11.1. The summed E-state index contributed by atoms with van der Waals surface area (Å²) in [5.41, 5.74) is 0.318. The Morgan fingerprint density at radius 1 is 1.27 bits per heavy atom. The van der Waals surface area contributed by atoms with Crippen LogP contribution in [0.3, 0.4) is 0 Å². The van der Waals surface area contributed by atoms with Crippen molar-refractivity contribution >= 4 is 0 Å². The van der Waals surface area contributed by atoms with E-state index in [0.717, 1.165) is 6.61 Å². The summed E-state index contributed by atoms with van der Waals surface area (Å²) in [7, 11) is 3.66. The van der Waals surface area contributed by atoms with E-state index in [1.165, 1.54) is 44.9 Å². The first-order chi connectivity index (χ1) is 7.29. The van der Waals surface area contributed by atoms with E-state index in [0.29, 0.717) is 11.5 Å². The van der Waals surface area contributed by atoms with Crippen LogP contribution < -0.4 is 0 Å². The van der Waals surface area contributed by atoms with Crippen LogP contribution in [0.4, 0.5) is 0 Å². The van der Waals surface area contributed by atoms with E-state index in [9.17, 15) is 0 Å². The van der Waals surface area contributed by atoms with E-state index in [-0.39, 0.29) is 0 Å². The normalized spacial score (nSPS) is 31.0. The highest BCUT2D eigenvalue weighted by atomic mass is 16.5. The van der Waals surface area contributed by atoms with Crippen LogP contribution in [0.1, 0.15) is 51.9 Å². The molecule has 2 unspecified atom stereocenters. The van der Waals surface area contributed by atoms with Crippen LogP contribution in [-0.4, -0.2) is 26.9 Å². The van der Waals surface area contributed by atoms with Crippen LogP contribution in [-0.2, 0) is 9.47 Å². The lowest BCUT2D eigenvalue weighted by atomic mass is 9.79. The first kappa shape index (κ1) is 13.0. The summed E-state index contributed by atoms with van der Waals surface area (Å²) in [5, 5.41) is 0. The molecular formula is C13H26O2. The highest BCUT2D eigenvalue weighted by molar-refractivity contribution is 4.92. The Morgan fingerprint density at radius 3 is 2.67 bits per heavy atom. The van der Waals surface area contributed by atoms with E-state index in [1.807, 2.05) is 14.2 Å². The number of ether oxygens (including phenoxy) is 2. The molecule has 0 aromatic heterocycles. The van der Waals surface area contributed by atoms with Crippen molar-refractivity contribution in [2.45, 2.75) is 58.0 Å². The fourth-order valence-corrected chi connectivity index (χ4v) is 3.01. The molecule has 2 atom stereocenters. The second-order valence-corrected chi connectivity index (χ2v) is 4.87. The molecule has 0 aromatic carbocycles. The molecule has 1 aliphatic carbocycles. The van der Waals surface area contributed by atoms with Gasteiger partial charge < -0.3 is 9.47 Å². The van der Waals surface area contributed by atoms with E-state index in [4.69, 9.17) is 9.47 Å². The minimum Gasteiger partial charge on any atom is -0.384 e. The standard InChI is InChI=1S/C13H26O2/c1-4-5-6-9-13(11-14-2)10-7-8-12(13)15-3/h12H,4-11H2,1-3H3. The maximum atomic E-state index is 5.63. The van der Waals surface area contributed by atoms with Gasteiger partial charge in [-0.05, 0) is 19.3 Å². The summed E-state index contributed by atoms with van der Waals surface area (Å²) in [6.45, 7) is 3.13. The molecule has 0 amide bonds. The van der Waals surface area contributed by atoms with Crippen LogP contribution in [0.25, 0.3) is 0 Å². The molecule has 1 fully saturated rings. The van der Waals surface area contributed by atoms with Gasteiger partial charge in [0.05, 0.1) is 12.7 Å². The quantitative estimate of drug-likeness (QED) is 0.605. The predicted molar refractivity (Wildman–Crippen MR) is 63.1 cm³/mol. The van der Waals surface area contributed by atoms with E-state index in [2.05, 4.69) is 6.92 Å². The van der Waals surface area contributed by atoms with Crippen LogP contribution in [0.15, 0.2) is 0 Å². The van der Waals surface area contributed by atoms with Gasteiger partial charge in [0.2, 0.25) is 0 Å². The summed E-state index contributed by atoms with van der Waals surface area (Å²) >= 11 is 0. The Hall–Kier alpha value is -0.0800. The van der Waals surface area contributed by atoms with E-state index in [1.54, 1.807) is 0 Å². The van der Waals surface area contributed by atoms with Crippen molar-refractivity contribution in [3.05, 3.63) is 0 Å². The van der Waals surface area contributed by atoms with Crippen molar-refractivity contribution in [2.75, 3.05) is 20.8 Å². The average molecular weight is 214 g/mol. The Kier molecular flexibility index (Phi) is 5.62. The molecule has 1 aliphatic rings. The van der Waals surface area contributed by atoms with Gasteiger partial charge in [0.15, 0.2) is 0 Å². The highest BCUT2D eigenvalue weighted by Gasteiger charge is 2.42. The van der Waals surface area contributed by atoms with Gasteiger partial charge in [-0.3, -0.25) is 0 Å². The van der Waals surface area contributed by atoms with Gasteiger partial charge in [0.25, 0.3) is 0 Å². The van der Waals surface area contributed by atoms with Crippen molar-refractivity contribution in [1.82, 2.24) is 0 Å². The van der Waals surface area contributed by atoms with Crippen LogP contribution in [0.2, 0.25) is 0 Å². The molecule has 0 spiro atoms. The average Bonchev–Trinajstić information content (AvgIpc) is 2.62. The van der Waals surface area contributed by atoms with Crippen molar-refractivity contribution in [2.24, 2.45) is 5.41 Å². The molecule has 0 heterocycles. The second-order valence-electron chi connectivity index (χ2n) is 4.87. The molecule has 0 N–H and O–H groups in total. The van der Waals surface area contributed by atoms with Gasteiger partial charge in [-0.25, -0.2) is 0 Å². The van der Waals surface area contributed by atoms with Gasteiger partial charge in [0, 0.05) is 19.6 Å². The predicted octanol–water partition coefficient (Wildman–Crippen LogP) is 3.40. The monoisotopic (exact) mass is 214 g/mol. The lowest BCUT2D eigenvalue weighted by molar-refractivity contribution is -0.0407. The molecule has 0 radical (unpaired) electrons. The molecule has 0 saturated heterocycles. The van der Waals surface area contributed by atoms with E-state index < -0.39 is 0 Å². The lowest BCUT2D eigenvalue weighted by Gasteiger charge is -2.34. The first-order valence-corrected chi connectivity index (χ1v) is 6.31. The SMILES string of the molecule is CCCCCC1(COC)CCCC1OC. The molecule has 0 aromatic rings. The van der Waals surface area contributed by atoms with Crippen LogP contribution in [0, 0.1) is 5.41 Å². The zero-order valence-corrected chi connectivity index (χ0v) is 10.6. The van der Waals surface area contributed by atoms with Crippen molar-refractivity contribution in [3.8, 4) is 0 Å². The fourth-order valence-electron chi connectivity index (χ4n) is 3.01. The summed E-state index contributed by atoms with van der Waals surface area (Å²) in [5.74, 6) is 0. The van der Waals surface area contributed by atoms with Crippen LogP contribution in [0.5, 0.6) is 0 Å². The first-order valence-electron chi connectivity index (χ1n) is 6.31. The molecule has 0 aliphatic heterocycles. The molecular weight excluding hydrogens is 188 g/mol. The van der Waals surface area contributed by atoms with Gasteiger partial charge >= 0.3 is 0 Å². The summed E-state index contributed by atoms with van der Waals surface area (Å²) < 4.78 is 11.0. The van der Waals surface area contributed by atoms with Gasteiger partial charge in [-0.2, -0.15) is 0 Å². The third-order valence-corrected chi connectivity index (χ3v) is 3.82. The van der Waals surface area contributed by atoms with Crippen molar-refractivity contribution in [3.63, 3.8) is 0 Å². The van der Waals surface area contributed by atoms with Gasteiger partial charge in [-0.15, -0.1) is 0 Å². The minimum atomic E-state index is 0.318. The molecule has 15 heavy (non-hydrogen) atoms. The number of hydrogen-bond acceptors (Lipinski definition) is 2. The lowest BCUT2D eigenvalue weighted by Crippen LogP contribution is -2.36. The maximum absolute atomic E-state index is 5.63. The minimum absolute atomic E-state index is 0.318. The third-order valence-electron chi connectivity index (χ3n) is 3.82. The summed E-state index contributed by atoms with van der Waals surface area (Å²) in [4.78, 5) is 0. The van der Waals surface area contributed by atoms with E-state index >= 15 is 0 Å². The topological polar surface area (TPSA) is 18.5 Å². The fraction of sp³-hybridized carbons (Fsp3) is 1.00. The Morgan fingerprint density at radius 2 is 2.07 bits per heavy atom. The summed E-state index contributed by atoms with van der Waals surface area (Å²) in [6, 6.07) is 0. The maximum Gasteiger partial charge on any atom is 0.0649 e. The third kappa shape index (κ3) is 3.18. The number of rotatable bonds is 7. The van der Waals surface area contributed by atoms with Gasteiger partial charge in [0.1, 0.15) is 0 Å². The molecule has 90 valence electrons. The van der Waals surface area contributed by atoms with Crippen LogP contribution >= 0.6 is 0 Å². The molecule has 1 rings (SSSR count). The Balaban J connectivity index is 2.52. The van der Waals surface area contributed by atoms with Crippen molar-refractivity contribution < 1.29 is 9.47 Å². The van der Waals surface area contributed by atoms with Crippen molar-refractivity contribution in [1.29, 1.82) is 0 Å². The van der Waals surface area contributed by atoms with Gasteiger partial charge in [-0.1, -0.05) is 32.6 Å². The highest BCUT2D eigenvalue weighted by Crippen LogP contribution is 2.44. The number of methoxy groups -OCH3 is 2.